The fourth-order valence-corrected chi connectivity index (χ4v) is 10.5. The molecule has 1 heteroatoms. The first-order valence-electron chi connectivity index (χ1n) is 21.5. The first kappa shape index (κ1) is 41.3. The maximum atomic E-state index is 2.49. The van der Waals surface area contributed by atoms with Crippen LogP contribution < -0.4 is 15.6 Å². The lowest BCUT2D eigenvalue weighted by atomic mass is 10.0. The van der Waals surface area contributed by atoms with Crippen molar-refractivity contribution in [3.05, 3.63) is 89.5 Å². The van der Waals surface area contributed by atoms with Gasteiger partial charge in [-0.05, 0) is 55.2 Å². The zero-order valence-corrected chi connectivity index (χ0v) is 33.8. The molecule has 49 heavy (non-hydrogen) atoms. The second-order valence-corrected chi connectivity index (χ2v) is 18.2. The average Bonchev–Trinajstić information content (AvgIpc) is 3.13. The fourth-order valence-electron chi connectivity index (χ4n) is 7.60. The summed E-state index contributed by atoms with van der Waals surface area (Å²) < 4.78 is 0. The molecule has 0 atom stereocenters. The van der Waals surface area contributed by atoms with Crippen LogP contribution in [0.1, 0.15) is 192 Å². The molecule has 0 amide bonds. The van der Waals surface area contributed by atoms with E-state index in [1.807, 2.05) is 0 Å². The molecule has 0 bridgehead atoms. The lowest BCUT2D eigenvalue weighted by Gasteiger charge is -2.19. The smallest absolute Gasteiger partial charge is 0.0654 e. The molecule has 0 saturated heterocycles. The van der Waals surface area contributed by atoms with Crippen molar-refractivity contribution < 1.29 is 0 Å². The number of rotatable bonds is 30. The van der Waals surface area contributed by atoms with Crippen molar-refractivity contribution in [1.82, 2.24) is 0 Å². The van der Waals surface area contributed by atoms with Gasteiger partial charge in [0.15, 0.2) is 0 Å². The van der Waals surface area contributed by atoms with Crippen LogP contribution in [0.4, 0.5) is 0 Å². The summed E-state index contributed by atoms with van der Waals surface area (Å²) in [6.07, 6.45) is 37.0. The molecule has 272 valence electrons. The van der Waals surface area contributed by atoms with E-state index in [2.05, 4.69) is 93.6 Å². The molecule has 0 aliphatic carbocycles. The van der Waals surface area contributed by atoms with Crippen molar-refractivity contribution in [3.63, 3.8) is 0 Å². The van der Waals surface area contributed by atoms with Gasteiger partial charge < -0.3 is 0 Å². The normalized spacial score (nSPS) is 11.5. The number of hydrogen-bond donors (Lipinski definition) is 0. The number of hydrogen-bond acceptors (Lipinski definition) is 0. The van der Waals surface area contributed by atoms with Crippen LogP contribution >= 0.6 is 0 Å². The van der Waals surface area contributed by atoms with E-state index in [4.69, 9.17) is 0 Å². The lowest BCUT2D eigenvalue weighted by molar-refractivity contribution is 0.575. The summed E-state index contributed by atoms with van der Waals surface area (Å²) in [6.45, 7) is 6.92. The van der Waals surface area contributed by atoms with Crippen LogP contribution in [0, 0.1) is 0 Å². The predicted molar refractivity (Wildman–Crippen MR) is 224 cm³/mol. The van der Waals surface area contributed by atoms with Crippen LogP contribution in [-0.2, 0) is 19.3 Å². The first-order valence-corrected chi connectivity index (χ1v) is 23.2. The van der Waals surface area contributed by atoms with Gasteiger partial charge in [0.05, 0.1) is 0 Å². The van der Waals surface area contributed by atoms with Crippen molar-refractivity contribution in [3.8, 4) is 0 Å². The SMILES string of the molecule is CCCCCCCCCCc1ccc([SiH](c2ccc(CCCCCCCCCC)cc2)c2ccc(CCCCCCCCCC)cc2)cc1. The van der Waals surface area contributed by atoms with Crippen LogP contribution in [-0.4, -0.2) is 8.80 Å². The summed E-state index contributed by atoms with van der Waals surface area (Å²) >= 11 is 0. The average molecular weight is 681 g/mol. The molecule has 0 spiro atoms. The molecular formula is C48H76Si. The van der Waals surface area contributed by atoms with Crippen LogP contribution in [0.15, 0.2) is 72.8 Å². The molecule has 0 aliphatic heterocycles. The zero-order chi connectivity index (χ0) is 34.6. The van der Waals surface area contributed by atoms with Crippen molar-refractivity contribution in [2.45, 2.75) is 194 Å². The van der Waals surface area contributed by atoms with Gasteiger partial charge >= 0.3 is 0 Å². The Morgan fingerprint density at radius 2 is 0.469 bits per heavy atom. The van der Waals surface area contributed by atoms with Crippen LogP contribution in [0.25, 0.3) is 0 Å². The monoisotopic (exact) mass is 681 g/mol. The summed E-state index contributed by atoms with van der Waals surface area (Å²) in [4.78, 5) is 0. The zero-order valence-electron chi connectivity index (χ0n) is 32.6. The van der Waals surface area contributed by atoms with E-state index in [9.17, 15) is 0 Å². The van der Waals surface area contributed by atoms with E-state index < -0.39 is 8.80 Å². The van der Waals surface area contributed by atoms with E-state index in [1.165, 1.54) is 190 Å². The van der Waals surface area contributed by atoms with E-state index in [1.54, 1.807) is 15.6 Å². The molecule has 3 aromatic carbocycles. The molecule has 0 radical (unpaired) electrons. The Labute approximate surface area is 306 Å². The summed E-state index contributed by atoms with van der Waals surface area (Å²) in [5, 5.41) is 4.68. The van der Waals surface area contributed by atoms with Gasteiger partial charge in [0.25, 0.3) is 0 Å². The molecular weight excluding hydrogens is 605 g/mol. The fraction of sp³-hybridized carbons (Fsp3) is 0.625. The second-order valence-electron chi connectivity index (χ2n) is 15.3. The van der Waals surface area contributed by atoms with Gasteiger partial charge in [-0.25, -0.2) is 0 Å². The Kier molecular flexibility index (Phi) is 23.2. The van der Waals surface area contributed by atoms with Gasteiger partial charge in [0, 0.05) is 0 Å². The number of unbranched alkanes of at least 4 members (excludes halogenated alkanes) is 21. The molecule has 3 rings (SSSR count). The van der Waals surface area contributed by atoms with E-state index >= 15 is 0 Å². The number of benzene rings is 3. The Bertz CT molecular complexity index is 1010. The Morgan fingerprint density at radius 1 is 0.265 bits per heavy atom. The van der Waals surface area contributed by atoms with Gasteiger partial charge in [-0.1, -0.05) is 244 Å². The topological polar surface area (TPSA) is 0 Å². The third-order valence-electron chi connectivity index (χ3n) is 10.9. The maximum Gasteiger partial charge on any atom is 0.132 e. The molecule has 3 aromatic rings. The highest BCUT2D eigenvalue weighted by Crippen LogP contribution is 2.14. The van der Waals surface area contributed by atoms with Crippen LogP contribution in [0.5, 0.6) is 0 Å². The maximum absolute atomic E-state index is 2.49. The predicted octanol–water partition coefficient (Wildman–Crippen LogP) is 13.0. The largest absolute Gasteiger partial charge is 0.132 e. The van der Waals surface area contributed by atoms with Crippen molar-refractivity contribution in [1.29, 1.82) is 0 Å². The molecule has 0 unspecified atom stereocenters. The van der Waals surface area contributed by atoms with Crippen molar-refractivity contribution in [2.75, 3.05) is 0 Å². The van der Waals surface area contributed by atoms with Gasteiger partial charge in [-0.2, -0.15) is 0 Å². The van der Waals surface area contributed by atoms with Crippen molar-refractivity contribution in [2.24, 2.45) is 0 Å². The molecule has 0 aromatic heterocycles. The van der Waals surface area contributed by atoms with E-state index in [0.717, 1.165) is 0 Å². The van der Waals surface area contributed by atoms with E-state index in [0.29, 0.717) is 0 Å². The highest BCUT2D eigenvalue weighted by molar-refractivity contribution is 6.95. The molecule has 0 aliphatic rings. The third kappa shape index (κ3) is 18.1. The van der Waals surface area contributed by atoms with E-state index in [-0.39, 0.29) is 0 Å². The van der Waals surface area contributed by atoms with Crippen molar-refractivity contribution >= 4 is 24.4 Å². The Balaban J connectivity index is 1.58. The highest BCUT2D eigenvalue weighted by atomic mass is 28.3. The molecule has 0 N–H and O–H groups in total. The standard InChI is InChI=1S/C48H76Si/c1-4-7-10-13-16-19-22-25-28-43-31-37-46(38-32-43)49(47-39-33-44(34-40-47)29-26-23-20-17-14-11-8-5-2)48-41-35-45(36-42-48)30-27-24-21-18-15-12-9-6-3/h31-42,49H,4-30H2,1-3H3. The molecule has 0 saturated carbocycles. The summed E-state index contributed by atoms with van der Waals surface area (Å²) in [6, 6.07) is 29.6. The van der Waals surface area contributed by atoms with Gasteiger partial charge in [0.2, 0.25) is 0 Å². The summed E-state index contributed by atoms with van der Waals surface area (Å²) in [5.41, 5.74) is 4.55. The molecule has 0 nitrogen and oxygen atoms in total. The molecule has 0 fully saturated rings. The van der Waals surface area contributed by atoms with Crippen LogP contribution in [0.2, 0.25) is 0 Å². The minimum atomic E-state index is -1.53. The van der Waals surface area contributed by atoms with Crippen LogP contribution in [0.3, 0.4) is 0 Å². The van der Waals surface area contributed by atoms with Gasteiger partial charge in [-0.15, -0.1) is 0 Å². The summed E-state index contributed by atoms with van der Waals surface area (Å²) in [5.74, 6) is 0. The van der Waals surface area contributed by atoms with Gasteiger partial charge in [-0.3, -0.25) is 0 Å². The molecule has 0 heterocycles. The Morgan fingerprint density at radius 3 is 0.694 bits per heavy atom. The minimum Gasteiger partial charge on any atom is -0.0654 e. The summed E-state index contributed by atoms with van der Waals surface area (Å²) in [7, 11) is -1.53. The lowest BCUT2D eigenvalue weighted by Crippen LogP contribution is -2.52. The van der Waals surface area contributed by atoms with Gasteiger partial charge in [0.1, 0.15) is 8.80 Å². The Hall–Kier alpha value is -2.12. The highest BCUT2D eigenvalue weighted by Gasteiger charge is 2.19. The first-order chi connectivity index (χ1) is 24.2. The quantitative estimate of drug-likeness (QED) is 0.0373. The third-order valence-corrected chi connectivity index (χ3v) is 14.1. The number of aryl methyl sites for hydroxylation is 3. The minimum absolute atomic E-state index is 1.22. The second kappa shape index (κ2) is 27.6.